The van der Waals surface area contributed by atoms with Crippen molar-refractivity contribution in [1.29, 1.82) is 0 Å². The van der Waals surface area contributed by atoms with Crippen molar-refractivity contribution in [3.05, 3.63) is 24.0 Å². The second kappa shape index (κ2) is 5.26. The molecular formula is C11H12FN3O2S. The molecule has 3 N–H and O–H groups in total. The van der Waals surface area contributed by atoms with E-state index in [0.29, 0.717) is 23.7 Å². The van der Waals surface area contributed by atoms with E-state index < -0.39 is 5.82 Å². The number of nitrogens with zero attached hydrogens (tertiary/aromatic N) is 1. The molecule has 96 valence electrons. The van der Waals surface area contributed by atoms with Crippen LogP contribution in [-0.4, -0.2) is 35.7 Å². The number of benzene rings is 1. The smallest absolute Gasteiger partial charge is 0.324 e. The molecule has 0 aliphatic carbocycles. The lowest BCUT2D eigenvalue weighted by atomic mass is 10.3. The van der Waals surface area contributed by atoms with Gasteiger partial charge in [0.1, 0.15) is 5.82 Å². The lowest BCUT2D eigenvalue weighted by molar-refractivity contribution is -0.124. The average Bonchev–Trinajstić information content (AvgIpc) is 2.76. The monoisotopic (exact) mass is 269 g/mol. The molecule has 1 aliphatic heterocycles. The Balaban J connectivity index is 1.97. The van der Waals surface area contributed by atoms with Gasteiger partial charge in [0.15, 0.2) is 0 Å². The highest BCUT2D eigenvalue weighted by atomic mass is 32.2. The Hall–Kier alpha value is -1.76. The Morgan fingerprint density at radius 2 is 2.33 bits per heavy atom. The van der Waals surface area contributed by atoms with E-state index in [0.717, 1.165) is 16.7 Å². The Labute approximate surface area is 108 Å². The predicted molar refractivity (Wildman–Crippen MR) is 66.6 cm³/mol. The van der Waals surface area contributed by atoms with Gasteiger partial charge in [-0.05, 0) is 18.2 Å². The van der Waals surface area contributed by atoms with Crippen LogP contribution in [0.5, 0.6) is 0 Å². The number of rotatable bonds is 3. The van der Waals surface area contributed by atoms with Gasteiger partial charge in [-0.15, -0.1) is 11.8 Å². The molecule has 7 heteroatoms. The zero-order valence-electron chi connectivity index (χ0n) is 9.48. The third-order valence-electron chi connectivity index (χ3n) is 2.48. The molecular weight excluding hydrogens is 257 g/mol. The molecule has 1 heterocycles. The normalized spacial score (nSPS) is 14.7. The average molecular weight is 269 g/mol. The third kappa shape index (κ3) is 2.73. The van der Waals surface area contributed by atoms with Gasteiger partial charge >= 0.3 is 6.03 Å². The molecule has 1 aromatic carbocycles. The Bertz CT molecular complexity index is 495. The number of anilines is 1. The molecule has 0 spiro atoms. The molecule has 1 aromatic rings. The minimum atomic E-state index is -0.405. The molecule has 1 aliphatic rings. The van der Waals surface area contributed by atoms with E-state index >= 15 is 0 Å². The Morgan fingerprint density at radius 3 is 3.00 bits per heavy atom. The fraction of sp³-hybridized carbons (Fsp3) is 0.273. The van der Waals surface area contributed by atoms with Crippen LogP contribution in [0.4, 0.5) is 14.9 Å². The van der Waals surface area contributed by atoms with Gasteiger partial charge in [0.05, 0.1) is 5.75 Å². The number of imide groups is 1. The number of amides is 3. The standard InChI is InChI=1S/C11H12FN3O2S/c12-7-1-2-8(13)9(5-7)18-6-10(16)15-4-3-14-11(15)17/h1-2,5H,3-4,6,13H2,(H,14,17). The van der Waals surface area contributed by atoms with Crippen molar-refractivity contribution in [3.8, 4) is 0 Å². The quantitative estimate of drug-likeness (QED) is 0.635. The summed E-state index contributed by atoms with van der Waals surface area (Å²) < 4.78 is 13.0. The molecule has 1 saturated heterocycles. The van der Waals surface area contributed by atoms with Crippen LogP contribution >= 0.6 is 11.8 Å². The fourth-order valence-electron chi connectivity index (χ4n) is 1.56. The van der Waals surface area contributed by atoms with E-state index in [9.17, 15) is 14.0 Å². The van der Waals surface area contributed by atoms with Gasteiger partial charge < -0.3 is 11.1 Å². The summed E-state index contributed by atoms with van der Waals surface area (Å²) in [5, 5.41) is 2.54. The molecule has 0 saturated carbocycles. The number of nitrogen functional groups attached to an aromatic ring is 1. The topological polar surface area (TPSA) is 75.4 Å². The minimum absolute atomic E-state index is 0.0566. The number of carbonyl (C=O) groups excluding carboxylic acids is 2. The number of hydrogen-bond donors (Lipinski definition) is 2. The van der Waals surface area contributed by atoms with E-state index in [1.54, 1.807) is 0 Å². The van der Waals surface area contributed by atoms with Crippen LogP contribution in [0.2, 0.25) is 0 Å². The van der Waals surface area contributed by atoms with E-state index in [1.807, 2.05) is 0 Å². The van der Waals surface area contributed by atoms with Gasteiger partial charge in [0.25, 0.3) is 0 Å². The van der Waals surface area contributed by atoms with Crippen molar-refractivity contribution >= 4 is 29.4 Å². The number of nitrogens with one attached hydrogen (secondary N) is 1. The first kappa shape index (κ1) is 12.7. The van der Waals surface area contributed by atoms with Gasteiger partial charge in [-0.3, -0.25) is 9.69 Å². The lowest BCUT2D eigenvalue weighted by Crippen LogP contribution is -2.35. The van der Waals surface area contributed by atoms with Crippen molar-refractivity contribution in [2.24, 2.45) is 0 Å². The van der Waals surface area contributed by atoms with Crippen LogP contribution in [0.25, 0.3) is 0 Å². The molecule has 3 amide bonds. The summed E-state index contributed by atoms with van der Waals surface area (Å²) in [5.41, 5.74) is 6.08. The summed E-state index contributed by atoms with van der Waals surface area (Å²) in [4.78, 5) is 24.6. The van der Waals surface area contributed by atoms with Crippen LogP contribution in [0, 0.1) is 5.82 Å². The van der Waals surface area contributed by atoms with Crippen molar-refractivity contribution < 1.29 is 14.0 Å². The van der Waals surface area contributed by atoms with E-state index in [-0.39, 0.29) is 17.7 Å². The van der Waals surface area contributed by atoms with Gasteiger partial charge in [-0.2, -0.15) is 0 Å². The molecule has 0 atom stereocenters. The maximum absolute atomic E-state index is 13.0. The van der Waals surface area contributed by atoms with Crippen LogP contribution in [0.1, 0.15) is 0 Å². The molecule has 0 bridgehead atoms. The molecule has 0 radical (unpaired) electrons. The second-order valence-corrected chi connectivity index (χ2v) is 4.77. The first-order valence-corrected chi connectivity index (χ1v) is 6.32. The zero-order chi connectivity index (χ0) is 13.1. The molecule has 1 fully saturated rings. The highest BCUT2D eigenvalue weighted by molar-refractivity contribution is 8.00. The number of hydrogen-bond acceptors (Lipinski definition) is 4. The minimum Gasteiger partial charge on any atom is -0.398 e. The van der Waals surface area contributed by atoms with E-state index in [4.69, 9.17) is 5.73 Å². The summed E-state index contributed by atoms with van der Waals surface area (Å²) in [7, 11) is 0. The fourth-order valence-corrected chi connectivity index (χ4v) is 2.43. The van der Waals surface area contributed by atoms with Crippen LogP contribution in [0.15, 0.2) is 23.1 Å². The molecule has 0 aromatic heterocycles. The second-order valence-electron chi connectivity index (χ2n) is 3.75. The van der Waals surface area contributed by atoms with Crippen LogP contribution in [0.3, 0.4) is 0 Å². The maximum atomic E-state index is 13.0. The highest BCUT2D eigenvalue weighted by Gasteiger charge is 2.25. The van der Waals surface area contributed by atoms with Crippen LogP contribution < -0.4 is 11.1 Å². The number of thioether (sulfide) groups is 1. The summed E-state index contributed by atoms with van der Waals surface area (Å²) in [6, 6.07) is 3.60. The van der Waals surface area contributed by atoms with Crippen molar-refractivity contribution in [2.75, 3.05) is 24.6 Å². The Kier molecular flexibility index (Phi) is 3.71. The number of carbonyl (C=O) groups is 2. The first-order valence-electron chi connectivity index (χ1n) is 5.34. The molecule has 18 heavy (non-hydrogen) atoms. The van der Waals surface area contributed by atoms with Crippen molar-refractivity contribution in [1.82, 2.24) is 10.2 Å². The summed E-state index contributed by atoms with van der Waals surface area (Å²) in [6.45, 7) is 0.841. The van der Waals surface area contributed by atoms with E-state index in [1.165, 1.54) is 18.2 Å². The summed E-state index contributed by atoms with van der Waals surface area (Å²) >= 11 is 1.12. The summed E-state index contributed by atoms with van der Waals surface area (Å²) in [6.07, 6.45) is 0. The lowest BCUT2D eigenvalue weighted by Gasteiger charge is -2.12. The number of urea groups is 1. The molecule has 0 unspecified atom stereocenters. The third-order valence-corrected chi connectivity index (χ3v) is 3.54. The molecule has 2 rings (SSSR count). The van der Waals surface area contributed by atoms with E-state index in [2.05, 4.69) is 5.32 Å². The largest absolute Gasteiger partial charge is 0.398 e. The summed E-state index contributed by atoms with van der Waals surface area (Å²) in [5.74, 6) is -0.655. The number of halogens is 1. The molecule has 5 nitrogen and oxygen atoms in total. The highest BCUT2D eigenvalue weighted by Crippen LogP contribution is 2.26. The van der Waals surface area contributed by atoms with Gasteiger partial charge in [-0.25, -0.2) is 9.18 Å². The SMILES string of the molecule is Nc1ccc(F)cc1SCC(=O)N1CCNC1=O. The Morgan fingerprint density at radius 1 is 1.56 bits per heavy atom. The van der Waals surface area contributed by atoms with Crippen molar-refractivity contribution in [2.45, 2.75) is 4.90 Å². The maximum Gasteiger partial charge on any atom is 0.324 e. The van der Waals surface area contributed by atoms with Gasteiger partial charge in [0.2, 0.25) is 5.91 Å². The van der Waals surface area contributed by atoms with Gasteiger partial charge in [-0.1, -0.05) is 0 Å². The van der Waals surface area contributed by atoms with Crippen LogP contribution in [-0.2, 0) is 4.79 Å². The van der Waals surface area contributed by atoms with Gasteiger partial charge in [0, 0.05) is 23.7 Å². The zero-order valence-corrected chi connectivity index (χ0v) is 10.3. The van der Waals surface area contributed by atoms with Crippen molar-refractivity contribution in [3.63, 3.8) is 0 Å². The number of nitrogens with two attached hydrogens (primary N) is 1. The predicted octanol–water partition coefficient (Wildman–Crippen LogP) is 1.05. The first-order chi connectivity index (χ1) is 8.58.